The Morgan fingerprint density at radius 1 is 1.15 bits per heavy atom. The van der Waals surface area contributed by atoms with Gasteiger partial charge in [0.15, 0.2) is 0 Å². The van der Waals surface area contributed by atoms with Gasteiger partial charge in [-0.1, -0.05) is 23.2 Å². The van der Waals surface area contributed by atoms with Crippen molar-refractivity contribution in [3.8, 4) is 17.1 Å². The number of nitrogens with one attached hydrogen (secondary N) is 1. The Labute approximate surface area is 125 Å². The lowest BCUT2D eigenvalue weighted by molar-refractivity contribution is 0.415. The second-order valence-corrected chi connectivity index (χ2v) is 5.10. The molecule has 0 bridgehead atoms. The zero-order chi connectivity index (χ0) is 14.3. The lowest BCUT2D eigenvalue weighted by Gasteiger charge is -2.06. The number of benzene rings is 2. The third-order valence-corrected chi connectivity index (χ3v) is 3.71. The van der Waals surface area contributed by atoms with E-state index in [0.29, 0.717) is 27.1 Å². The molecule has 0 spiro atoms. The Morgan fingerprint density at radius 2 is 1.90 bits per heavy atom. The van der Waals surface area contributed by atoms with Crippen molar-refractivity contribution in [3.05, 3.63) is 40.4 Å². The van der Waals surface area contributed by atoms with Crippen LogP contribution in [0, 0.1) is 0 Å². The van der Waals surface area contributed by atoms with Crippen LogP contribution in [0.2, 0.25) is 10.0 Å². The highest BCUT2D eigenvalue weighted by Gasteiger charge is 2.15. The number of fused-ring (bicyclic) bond motifs is 1. The second-order valence-electron chi connectivity index (χ2n) is 4.29. The van der Waals surface area contributed by atoms with Crippen LogP contribution in [0.5, 0.6) is 5.75 Å². The zero-order valence-corrected chi connectivity index (χ0v) is 12.1. The second kappa shape index (κ2) is 4.89. The molecule has 0 aliphatic rings. The Morgan fingerprint density at radius 3 is 2.65 bits per heavy atom. The van der Waals surface area contributed by atoms with Gasteiger partial charge >= 0.3 is 0 Å². The summed E-state index contributed by atoms with van der Waals surface area (Å²) in [4.78, 5) is 7.67. The van der Waals surface area contributed by atoms with Crippen molar-refractivity contribution in [1.82, 2.24) is 9.97 Å². The highest BCUT2D eigenvalue weighted by atomic mass is 35.5. The van der Waals surface area contributed by atoms with Crippen molar-refractivity contribution in [2.24, 2.45) is 0 Å². The molecular weight excluding hydrogens is 297 g/mol. The quantitative estimate of drug-likeness (QED) is 0.700. The molecule has 2 aromatic carbocycles. The summed E-state index contributed by atoms with van der Waals surface area (Å²) in [5.74, 6) is 1.33. The largest absolute Gasteiger partial charge is 0.497 e. The Kier molecular flexibility index (Phi) is 3.20. The Balaban J connectivity index is 2.22. The van der Waals surface area contributed by atoms with Crippen LogP contribution in [0.1, 0.15) is 0 Å². The summed E-state index contributed by atoms with van der Waals surface area (Å²) in [6.45, 7) is 0. The van der Waals surface area contributed by atoms with Crippen molar-refractivity contribution < 1.29 is 4.74 Å². The molecule has 0 aliphatic carbocycles. The van der Waals surface area contributed by atoms with Crippen LogP contribution in [0.4, 0.5) is 5.69 Å². The predicted molar refractivity (Wildman–Crippen MR) is 82.5 cm³/mol. The van der Waals surface area contributed by atoms with E-state index in [1.807, 2.05) is 18.2 Å². The van der Waals surface area contributed by atoms with Crippen LogP contribution in [0.3, 0.4) is 0 Å². The fourth-order valence-electron chi connectivity index (χ4n) is 2.04. The summed E-state index contributed by atoms with van der Waals surface area (Å²) < 4.78 is 5.18. The average Bonchev–Trinajstić information content (AvgIpc) is 2.85. The molecule has 4 nitrogen and oxygen atoms in total. The van der Waals surface area contributed by atoms with Gasteiger partial charge in [0.1, 0.15) is 11.6 Å². The van der Waals surface area contributed by atoms with Crippen LogP contribution < -0.4 is 10.5 Å². The number of halogens is 2. The van der Waals surface area contributed by atoms with Gasteiger partial charge in [0.05, 0.1) is 39.4 Å². The standard InChI is InChI=1S/C14H11Cl2N3O/c1-20-7-2-5-10-11(6-7)19-14(18-10)12-8(15)3-4-9(16)13(12)17/h2-6H,17H2,1H3,(H,18,19). The highest BCUT2D eigenvalue weighted by molar-refractivity contribution is 6.37. The molecule has 102 valence electrons. The topological polar surface area (TPSA) is 63.9 Å². The van der Waals surface area contributed by atoms with E-state index in [-0.39, 0.29) is 0 Å². The average molecular weight is 308 g/mol. The third kappa shape index (κ3) is 2.07. The van der Waals surface area contributed by atoms with Crippen LogP contribution in [0.15, 0.2) is 30.3 Å². The minimum Gasteiger partial charge on any atom is -0.497 e. The first-order chi connectivity index (χ1) is 9.60. The van der Waals surface area contributed by atoms with E-state index < -0.39 is 0 Å². The van der Waals surface area contributed by atoms with Crippen LogP contribution in [-0.2, 0) is 0 Å². The van der Waals surface area contributed by atoms with Gasteiger partial charge < -0.3 is 15.5 Å². The monoisotopic (exact) mass is 307 g/mol. The normalized spacial score (nSPS) is 10.9. The molecule has 0 saturated heterocycles. The summed E-state index contributed by atoms with van der Waals surface area (Å²) in [6, 6.07) is 8.93. The summed E-state index contributed by atoms with van der Waals surface area (Å²) >= 11 is 12.2. The van der Waals surface area contributed by atoms with Gasteiger partial charge in [-0.05, 0) is 24.3 Å². The summed E-state index contributed by atoms with van der Waals surface area (Å²) in [7, 11) is 1.62. The number of hydrogen-bond acceptors (Lipinski definition) is 3. The number of imidazole rings is 1. The van der Waals surface area contributed by atoms with E-state index in [9.17, 15) is 0 Å². The summed E-state index contributed by atoms with van der Waals surface area (Å²) in [5.41, 5.74) is 8.65. The van der Waals surface area contributed by atoms with Gasteiger partial charge in [-0.3, -0.25) is 0 Å². The van der Waals surface area contributed by atoms with Crippen molar-refractivity contribution in [3.63, 3.8) is 0 Å². The lowest BCUT2D eigenvalue weighted by Crippen LogP contribution is -1.93. The van der Waals surface area contributed by atoms with Crippen molar-refractivity contribution >= 4 is 39.9 Å². The van der Waals surface area contributed by atoms with Crippen LogP contribution in [-0.4, -0.2) is 17.1 Å². The van der Waals surface area contributed by atoms with E-state index in [4.69, 9.17) is 33.7 Å². The molecule has 6 heteroatoms. The fourth-order valence-corrected chi connectivity index (χ4v) is 2.45. The molecule has 3 rings (SSSR count). The van der Waals surface area contributed by atoms with E-state index in [1.165, 1.54) is 0 Å². The zero-order valence-electron chi connectivity index (χ0n) is 10.6. The first-order valence-electron chi connectivity index (χ1n) is 5.87. The smallest absolute Gasteiger partial charge is 0.142 e. The number of nitrogens with zero attached hydrogens (tertiary/aromatic N) is 1. The van der Waals surface area contributed by atoms with Gasteiger partial charge in [0, 0.05) is 6.07 Å². The number of nitrogens with two attached hydrogens (primary N) is 1. The van der Waals surface area contributed by atoms with Gasteiger partial charge in [0.25, 0.3) is 0 Å². The number of hydrogen-bond donors (Lipinski definition) is 2. The molecular formula is C14H11Cl2N3O. The molecule has 0 radical (unpaired) electrons. The van der Waals surface area contributed by atoms with E-state index in [2.05, 4.69) is 9.97 Å². The molecule has 0 amide bonds. The number of aromatic amines is 1. The number of rotatable bonds is 2. The molecule has 3 aromatic rings. The maximum Gasteiger partial charge on any atom is 0.142 e. The minimum absolute atomic E-state index is 0.408. The summed E-state index contributed by atoms with van der Waals surface area (Å²) in [5, 5.41) is 0.945. The molecule has 1 aromatic heterocycles. The van der Waals surface area contributed by atoms with E-state index in [0.717, 1.165) is 16.8 Å². The molecule has 20 heavy (non-hydrogen) atoms. The number of methoxy groups -OCH3 is 1. The van der Waals surface area contributed by atoms with E-state index in [1.54, 1.807) is 19.2 Å². The first kappa shape index (κ1) is 13.1. The molecule has 0 saturated carbocycles. The van der Waals surface area contributed by atoms with Crippen molar-refractivity contribution in [2.45, 2.75) is 0 Å². The van der Waals surface area contributed by atoms with Gasteiger partial charge in [-0.2, -0.15) is 0 Å². The number of anilines is 1. The molecule has 3 N–H and O–H groups in total. The number of aromatic nitrogens is 2. The fraction of sp³-hybridized carbons (Fsp3) is 0.0714. The molecule has 1 heterocycles. The number of H-pyrrole nitrogens is 1. The Hall–Kier alpha value is -1.91. The molecule has 0 atom stereocenters. The molecule has 0 unspecified atom stereocenters. The van der Waals surface area contributed by atoms with E-state index >= 15 is 0 Å². The van der Waals surface area contributed by atoms with Crippen LogP contribution >= 0.6 is 23.2 Å². The maximum absolute atomic E-state index is 6.20. The van der Waals surface area contributed by atoms with Crippen molar-refractivity contribution in [2.75, 3.05) is 12.8 Å². The number of nitrogen functional groups attached to an aromatic ring is 1. The minimum atomic E-state index is 0.408. The molecule has 0 fully saturated rings. The molecule has 0 aliphatic heterocycles. The maximum atomic E-state index is 6.20. The van der Waals surface area contributed by atoms with Crippen molar-refractivity contribution in [1.29, 1.82) is 0 Å². The highest BCUT2D eigenvalue weighted by Crippen LogP contribution is 2.37. The Bertz CT molecular complexity index is 798. The number of ether oxygens (including phenoxy) is 1. The summed E-state index contributed by atoms with van der Waals surface area (Å²) in [6.07, 6.45) is 0. The lowest BCUT2D eigenvalue weighted by atomic mass is 10.1. The van der Waals surface area contributed by atoms with Gasteiger partial charge in [-0.25, -0.2) is 4.98 Å². The van der Waals surface area contributed by atoms with Crippen LogP contribution in [0.25, 0.3) is 22.4 Å². The van der Waals surface area contributed by atoms with Gasteiger partial charge in [0.2, 0.25) is 0 Å². The predicted octanol–water partition coefficient (Wildman–Crippen LogP) is 4.13. The SMILES string of the molecule is COc1ccc2nc(-c3c(Cl)ccc(Cl)c3N)[nH]c2c1. The third-order valence-electron chi connectivity index (χ3n) is 3.07. The first-order valence-corrected chi connectivity index (χ1v) is 6.63. The van der Waals surface area contributed by atoms with Gasteiger partial charge in [-0.15, -0.1) is 0 Å².